The lowest BCUT2D eigenvalue weighted by Crippen LogP contribution is -2.30. The molecule has 0 radical (unpaired) electrons. The first kappa shape index (κ1) is 23.5. The molecule has 0 saturated carbocycles. The van der Waals surface area contributed by atoms with Crippen LogP contribution in [0.4, 0.5) is 11.6 Å². The van der Waals surface area contributed by atoms with Crippen molar-refractivity contribution in [2.45, 2.75) is 38.7 Å². The minimum atomic E-state index is -3.88. The third-order valence-corrected chi connectivity index (χ3v) is 6.22. The van der Waals surface area contributed by atoms with Gasteiger partial charge in [-0.15, -0.1) is 0 Å². The summed E-state index contributed by atoms with van der Waals surface area (Å²) >= 11 is 6.00. The van der Waals surface area contributed by atoms with Crippen LogP contribution in [0.15, 0.2) is 53.4 Å². The molecule has 0 fully saturated rings. The minimum Gasteiger partial charge on any atom is -0.481 e. The van der Waals surface area contributed by atoms with Gasteiger partial charge in [-0.25, -0.2) is 23.1 Å². The number of anilines is 2. The van der Waals surface area contributed by atoms with Crippen molar-refractivity contribution in [2.24, 2.45) is 0 Å². The Hall–Kier alpha value is -3.17. The van der Waals surface area contributed by atoms with Crippen LogP contribution in [0.25, 0.3) is 0 Å². The zero-order chi connectivity index (χ0) is 23.5. The number of nitrogens with zero attached hydrogens (tertiary/aromatic N) is 2. The lowest BCUT2D eigenvalue weighted by Gasteiger charge is -2.15. The Morgan fingerprint density at radius 3 is 2.22 bits per heavy atom. The van der Waals surface area contributed by atoms with Gasteiger partial charge >= 0.3 is 0 Å². The Bertz CT molecular complexity index is 1230. The smallest absolute Gasteiger partial charge is 0.265 e. The van der Waals surface area contributed by atoms with Crippen molar-refractivity contribution in [1.29, 1.82) is 0 Å². The first-order valence-corrected chi connectivity index (χ1v) is 11.6. The van der Waals surface area contributed by atoms with Crippen LogP contribution in [-0.2, 0) is 14.8 Å². The van der Waals surface area contributed by atoms with Gasteiger partial charge in [-0.3, -0.25) is 4.79 Å². The predicted molar refractivity (Wildman–Crippen MR) is 124 cm³/mol. The fraction of sp³-hybridized carbons (Fsp3) is 0.227. The number of carbonyl (C=O) groups excluding carboxylic acids is 1. The highest BCUT2D eigenvalue weighted by Crippen LogP contribution is 2.22. The Labute approximate surface area is 192 Å². The number of aryl methyl sites for hydroxylation is 3. The van der Waals surface area contributed by atoms with Crippen LogP contribution < -0.4 is 14.8 Å². The van der Waals surface area contributed by atoms with Gasteiger partial charge in [0.15, 0.2) is 6.10 Å². The zero-order valence-electron chi connectivity index (χ0n) is 18.0. The molecule has 1 aromatic heterocycles. The van der Waals surface area contributed by atoms with E-state index < -0.39 is 16.1 Å². The van der Waals surface area contributed by atoms with Gasteiger partial charge in [0, 0.05) is 22.1 Å². The summed E-state index contributed by atoms with van der Waals surface area (Å²) in [6, 6.07) is 12.6. The number of carbonyl (C=O) groups is 1. The molecule has 0 aliphatic carbocycles. The number of hydrogen-bond acceptors (Lipinski definition) is 6. The van der Waals surface area contributed by atoms with E-state index in [1.807, 2.05) is 6.92 Å². The molecule has 168 valence electrons. The van der Waals surface area contributed by atoms with Gasteiger partial charge in [0.25, 0.3) is 15.9 Å². The number of hydrogen-bond donors (Lipinski definition) is 2. The molecule has 10 heteroatoms. The van der Waals surface area contributed by atoms with Crippen LogP contribution in [0.5, 0.6) is 5.75 Å². The number of halogens is 1. The average Bonchev–Trinajstić information content (AvgIpc) is 2.70. The Kier molecular flexibility index (Phi) is 7.00. The van der Waals surface area contributed by atoms with Gasteiger partial charge in [0.05, 0.1) is 4.90 Å². The maximum atomic E-state index is 12.6. The summed E-state index contributed by atoms with van der Waals surface area (Å²) in [5.41, 5.74) is 2.57. The molecule has 32 heavy (non-hydrogen) atoms. The molecule has 3 rings (SSSR count). The topological polar surface area (TPSA) is 110 Å². The van der Waals surface area contributed by atoms with Crippen LogP contribution in [0, 0.1) is 20.8 Å². The third kappa shape index (κ3) is 5.95. The van der Waals surface area contributed by atoms with Crippen LogP contribution in [0.2, 0.25) is 5.02 Å². The number of aromatic nitrogens is 2. The summed E-state index contributed by atoms with van der Waals surface area (Å²) in [5, 5.41) is 3.32. The lowest BCUT2D eigenvalue weighted by molar-refractivity contribution is -0.122. The maximum Gasteiger partial charge on any atom is 0.265 e. The van der Waals surface area contributed by atoms with Crippen molar-refractivity contribution in [3.63, 3.8) is 0 Å². The summed E-state index contributed by atoms with van der Waals surface area (Å²) in [6.07, 6.45) is -0.776. The Balaban J connectivity index is 1.65. The summed E-state index contributed by atoms with van der Waals surface area (Å²) in [7, 11) is -3.88. The number of amides is 1. The van der Waals surface area contributed by atoms with Gasteiger partial charge in [0.1, 0.15) is 5.75 Å². The molecule has 2 aromatic carbocycles. The number of sulfonamides is 1. The zero-order valence-corrected chi connectivity index (χ0v) is 19.6. The Morgan fingerprint density at radius 2 is 1.62 bits per heavy atom. The van der Waals surface area contributed by atoms with Crippen molar-refractivity contribution in [3.8, 4) is 5.75 Å². The largest absolute Gasteiger partial charge is 0.481 e. The van der Waals surface area contributed by atoms with Crippen molar-refractivity contribution in [1.82, 2.24) is 9.97 Å². The molecule has 0 aliphatic rings. The van der Waals surface area contributed by atoms with E-state index in [9.17, 15) is 13.2 Å². The van der Waals surface area contributed by atoms with Crippen molar-refractivity contribution in [3.05, 3.63) is 70.5 Å². The highest BCUT2D eigenvalue weighted by Gasteiger charge is 2.18. The normalized spacial score (nSPS) is 12.2. The molecule has 0 aliphatic heterocycles. The fourth-order valence-electron chi connectivity index (χ4n) is 2.86. The average molecular weight is 475 g/mol. The first-order valence-electron chi connectivity index (χ1n) is 9.72. The highest BCUT2D eigenvalue weighted by molar-refractivity contribution is 7.92. The van der Waals surface area contributed by atoms with Crippen LogP contribution in [-0.4, -0.2) is 30.4 Å². The van der Waals surface area contributed by atoms with E-state index in [2.05, 4.69) is 20.0 Å². The minimum absolute atomic E-state index is 0.00305. The summed E-state index contributed by atoms with van der Waals surface area (Å²) in [4.78, 5) is 20.6. The molecule has 3 aromatic rings. The van der Waals surface area contributed by atoms with Crippen molar-refractivity contribution < 1.29 is 17.9 Å². The lowest BCUT2D eigenvalue weighted by atomic mass is 10.2. The second kappa shape index (κ2) is 9.54. The Morgan fingerprint density at radius 1 is 1.00 bits per heavy atom. The van der Waals surface area contributed by atoms with E-state index in [0.29, 0.717) is 27.8 Å². The summed E-state index contributed by atoms with van der Waals surface area (Å²) < 4.78 is 33.2. The molecule has 0 saturated heterocycles. The van der Waals surface area contributed by atoms with Gasteiger partial charge in [-0.2, -0.15) is 0 Å². The van der Waals surface area contributed by atoms with Crippen molar-refractivity contribution in [2.75, 3.05) is 10.0 Å². The predicted octanol–water partition coefficient (Wildman–Crippen LogP) is 4.26. The summed E-state index contributed by atoms with van der Waals surface area (Å²) in [5.74, 6) is 0.147. The summed E-state index contributed by atoms with van der Waals surface area (Å²) in [6.45, 7) is 6.97. The molecule has 1 amide bonds. The van der Waals surface area contributed by atoms with E-state index >= 15 is 0 Å². The van der Waals surface area contributed by atoms with Gasteiger partial charge in [-0.05, 0) is 81.8 Å². The van der Waals surface area contributed by atoms with E-state index in [1.165, 1.54) is 24.3 Å². The fourth-order valence-corrected chi connectivity index (χ4v) is 3.92. The molecule has 2 N–H and O–H groups in total. The number of benzene rings is 2. The van der Waals surface area contributed by atoms with Crippen LogP contribution in [0.3, 0.4) is 0 Å². The van der Waals surface area contributed by atoms with E-state index in [0.717, 1.165) is 5.56 Å². The highest BCUT2D eigenvalue weighted by atomic mass is 35.5. The standard InChI is InChI=1S/C22H23ClN4O4S/c1-13-11-18(7-10-20(13)23)31-16(4)21(28)26-17-5-8-19(9-6-17)32(29,30)27-22-24-14(2)12-15(3)25-22/h5-12,16H,1-4H3,(H,26,28)(H,24,25,27). The van der Waals surface area contributed by atoms with Crippen molar-refractivity contribution >= 4 is 39.2 Å². The van der Waals surface area contributed by atoms with Gasteiger partial charge in [-0.1, -0.05) is 11.6 Å². The SMILES string of the molecule is Cc1cc(C)nc(NS(=O)(=O)c2ccc(NC(=O)C(C)Oc3ccc(Cl)c(C)c3)cc2)n1. The molecular formula is C22H23ClN4O4S. The van der Waals surface area contributed by atoms with Crippen LogP contribution in [0.1, 0.15) is 23.9 Å². The van der Waals surface area contributed by atoms with Gasteiger partial charge < -0.3 is 10.1 Å². The van der Waals surface area contributed by atoms with E-state index in [-0.39, 0.29) is 16.8 Å². The third-order valence-electron chi connectivity index (χ3n) is 4.45. The number of rotatable bonds is 7. The molecule has 0 spiro atoms. The molecule has 0 bridgehead atoms. The second-order valence-electron chi connectivity index (χ2n) is 7.26. The van der Waals surface area contributed by atoms with E-state index in [4.69, 9.17) is 16.3 Å². The molecule has 1 heterocycles. The number of nitrogens with one attached hydrogen (secondary N) is 2. The molecule has 1 unspecified atom stereocenters. The quantitative estimate of drug-likeness (QED) is 0.529. The van der Waals surface area contributed by atoms with Gasteiger partial charge in [0.2, 0.25) is 5.95 Å². The molecular weight excluding hydrogens is 452 g/mol. The molecule has 1 atom stereocenters. The maximum absolute atomic E-state index is 12.6. The monoisotopic (exact) mass is 474 g/mol. The number of ether oxygens (including phenoxy) is 1. The second-order valence-corrected chi connectivity index (χ2v) is 9.35. The first-order chi connectivity index (χ1) is 15.0. The molecule has 8 nitrogen and oxygen atoms in total. The van der Waals surface area contributed by atoms with E-state index in [1.54, 1.807) is 45.0 Å². The van der Waals surface area contributed by atoms with Crippen LogP contribution >= 0.6 is 11.6 Å².